The maximum absolute atomic E-state index is 12.2. The summed E-state index contributed by atoms with van der Waals surface area (Å²) in [5.41, 5.74) is 1.31. The van der Waals surface area contributed by atoms with Gasteiger partial charge in [0.2, 0.25) is 0 Å². The van der Waals surface area contributed by atoms with Gasteiger partial charge in [0.1, 0.15) is 0 Å². The van der Waals surface area contributed by atoms with Gasteiger partial charge in [-0.25, -0.2) is 13.4 Å². The van der Waals surface area contributed by atoms with Crippen LogP contribution < -0.4 is 0 Å². The van der Waals surface area contributed by atoms with Gasteiger partial charge in [-0.15, -0.1) is 11.3 Å². The van der Waals surface area contributed by atoms with Crippen molar-refractivity contribution >= 4 is 32.8 Å². The lowest BCUT2D eigenvalue weighted by Gasteiger charge is -2.13. The van der Waals surface area contributed by atoms with E-state index in [2.05, 4.69) is 25.8 Å². The van der Waals surface area contributed by atoms with Crippen LogP contribution in [0.1, 0.15) is 37.0 Å². The van der Waals surface area contributed by atoms with Gasteiger partial charge in [-0.2, -0.15) is 0 Å². The predicted molar refractivity (Wildman–Crippen MR) is 88.6 cm³/mol. The third kappa shape index (κ3) is 4.80. The van der Waals surface area contributed by atoms with Gasteiger partial charge >= 0.3 is 0 Å². The molecule has 0 atom stereocenters. The molecule has 0 unspecified atom stereocenters. The highest BCUT2D eigenvalue weighted by molar-refractivity contribution is 7.89. The Bertz CT molecular complexity index is 713. The molecular formula is C15H18ClNO2S2. The summed E-state index contributed by atoms with van der Waals surface area (Å²) in [6, 6.07) is 6.88. The van der Waals surface area contributed by atoms with Gasteiger partial charge in [-0.1, -0.05) is 44.5 Å². The lowest BCUT2D eigenvalue weighted by molar-refractivity contribution is 0.580. The quantitative estimate of drug-likeness (QED) is 0.835. The van der Waals surface area contributed by atoms with Crippen LogP contribution in [0.15, 0.2) is 29.6 Å². The molecule has 0 bridgehead atoms. The number of rotatable bonds is 4. The predicted octanol–water partition coefficient (Wildman–Crippen LogP) is 4.21. The molecule has 114 valence electrons. The second-order valence-electron chi connectivity index (χ2n) is 6.05. The summed E-state index contributed by atoms with van der Waals surface area (Å²) in [5.74, 6) is -0.0191. The van der Waals surface area contributed by atoms with E-state index >= 15 is 0 Å². The van der Waals surface area contributed by atoms with E-state index in [0.29, 0.717) is 10.7 Å². The van der Waals surface area contributed by atoms with Gasteiger partial charge in [-0.3, -0.25) is 0 Å². The van der Waals surface area contributed by atoms with Crippen LogP contribution in [0.4, 0.5) is 0 Å². The summed E-state index contributed by atoms with van der Waals surface area (Å²) in [5, 5.41) is 3.39. The van der Waals surface area contributed by atoms with Crippen molar-refractivity contribution in [1.29, 1.82) is 0 Å². The first-order valence-corrected chi connectivity index (χ1v) is 9.63. The first-order chi connectivity index (χ1) is 9.66. The Labute approximate surface area is 134 Å². The molecule has 0 aliphatic rings. The number of hydrogen-bond donors (Lipinski definition) is 0. The molecule has 2 aromatic rings. The minimum Gasteiger partial charge on any atom is -0.245 e. The van der Waals surface area contributed by atoms with Crippen LogP contribution in [0.2, 0.25) is 5.02 Å². The van der Waals surface area contributed by atoms with E-state index in [9.17, 15) is 8.42 Å². The maximum Gasteiger partial charge on any atom is 0.160 e. The number of hydrogen-bond acceptors (Lipinski definition) is 4. The monoisotopic (exact) mass is 343 g/mol. The number of benzene rings is 1. The topological polar surface area (TPSA) is 47.0 Å². The summed E-state index contributed by atoms with van der Waals surface area (Å²) in [4.78, 5) is 4.44. The zero-order valence-electron chi connectivity index (χ0n) is 12.3. The van der Waals surface area contributed by atoms with E-state index in [1.165, 1.54) is 11.3 Å². The smallest absolute Gasteiger partial charge is 0.160 e. The van der Waals surface area contributed by atoms with Crippen molar-refractivity contribution in [3.05, 3.63) is 50.9 Å². The number of nitrogens with zero attached hydrogens (tertiary/aromatic N) is 1. The first kappa shape index (κ1) is 16.5. The molecule has 0 N–H and O–H groups in total. The van der Waals surface area contributed by atoms with Crippen LogP contribution in [0.5, 0.6) is 0 Å². The van der Waals surface area contributed by atoms with Crippen LogP contribution in [0.25, 0.3) is 0 Å². The Hall–Kier alpha value is -0.910. The molecule has 0 saturated carbocycles. The van der Waals surface area contributed by atoms with Gasteiger partial charge in [0.25, 0.3) is 0 Å². The van der Waals surface area contributed by atoms with E-state index < -0.39 is 9.84 Å². The third-order valence-corrected chi connectivity index (χ3v) is 5.94. The summed E-state index contributed by atoms with van der Waals surface area (Å²) in [7, 11) is -3.23. The summed E-state index contributed by atoms with van der Waals surface area (Å²) < 4.78 is 24.5. The Morgan fingerprint density at radius 2 is 1.76 bits per heavy atom. The van der Waals surface area contributed by atoms with Crippen molar-refractivity contribution in [3.63, 3.8) is 0 Å². The zero-order chi connectivity index (χ0) is 15.7. The normalized spacial score (nSPS) is 12.6. The van der Waals surface area contributed by atoms with Gasteiger partial charge in [0.05, 0.1) is 22.2 Å². The molecule has 3 nitrogen and oxygen atoms in total. The van der Waals surface area contributed by atoms with E-state index in [1.807, 2.05) is 5.38 Å². The average Bonchev–Trinajstić information content (AvgIpc) is 2.79. The molecule has 0 aliphatic carbocycles. The highest BCUT2D eigenvalue weighted by Crippen LogP contribution is 2.26. The first-order valence-electron chi connectivity index (χ1n) is 6.55. The van der Waals surface area contributed by atoms with Crippen LogP contribution in [0.3, 0.4) is 0 Å². The van der Waals surface area contributed by atoms with Crippen LogP contribution in [-0.2, 0) is 26.8 Å². The molecule has 0 aliphatic heterocycles. The largest absolute Gasteiger partial charge is 0.245 e. The fourth-order valence-corrected chi connectivity index (χ4v) is 4.37. The number of halogens is 1. The molecule has 1 heterocycles. The SMILES string of the molecule is CC(C)(C)c1nc(CS(=O)(=O)Cc2ccc(Cl)cc2)cs1. The minimum atomic E-state index is -3.23. The second kappa shape index (κ2) is 6.07. The molecule has 0 radical (unpaired) electrons. The number of thiazole rings is 1. The maximum atomic E-state index is 12.2. The Balaban J connectivity index is 2.10. The van der Waals surface area contributed by atoms with Crippen molar-refractivity contribution in [2.24, 2.45) is 0 Å². The lowest BCUT2D eigenvalue weighted by atomic mass is 9.98. The molecule has 0 fully saturated rings. The van der Waals surface area contributed by atoms with Crippen molar-refractivity contribution in [1.82, 2.24) is 4.98 Å². The van der Waals surface area contributed by atoms with Crippen LogP contribution >= 0.6 is 22.9 Å². The highest BCUT2D eigenvalue weighted by atomic mass is 35.5. The molecule has 1 aromatic carbocycles. The van der Waals surface area contributed by atoms with Gasteiger partial charge < -0.3 is 0 Å². The van der Waals surface area contributed by atoms with E-state index in [4.69, 9.17) is 11.6 Å². The molecule has 0 saturated heterocycles. The Morgan fingerprint density at radius 3 is 2.29 bits per heavy atom. The summed E-state index contributed by atoms with van der Waals surface area (Å²) in [6.45, 7) is 6.20. The van der Waals surface area contributed by atoms with E-state index in [-0.39, 0.29) is 16.9 Å². The molecule has 6 heteroatoms. The molecule has 2 rings (SSSR count). The second-order valence-corrected chi connectivity index (χ2v) is 9.41. The molecular weight excluding hydrogens is 326 g/mol. The van der Waals surface area contributed by atoms with Crippen LogP contribution in [0, 0.1) is 0 Å². The van der Waals surface area contributed by atoms with Crippen LogP contribution in [-0.4, -0.2) is 13.4 Å². The summed E-state index contributed by atoms with van der Waals surface area (Å²) in [6.07, 6.45) is 0. The average molecular weight is 344 g/mol. The lowest BCUT2D eigenvalue weighted by Crippen LogP contribution is -2.12. The van der Waals surface area contributed by atoms with Crippen molar-refractivity contribution in [2.45, 2.75) is 37.7 Å². The zero-order valence-corrected chi connectivity index (χ0v) is 14.6. The van der Waals surface area contributed by atoms with E-state index in [1.54, 1.807) is 24.3 Å². The van der Waals surface area contributed by atoms with Gasteiger partial charge in [0, 0.05) is 15.8 Å². The highest BCUT2D eigenvalue weighted by Gasteiger charge is 2.20. The fraction of sp³-hybridized carbons (Fsp3) is 0.400. The molecule has 0 amide bonds. The third-order valence-electron chi connectivity index (χ3n) is 2.86. The number of aromatic nitrogens is 1. The Morgan fingerprint density at radius 1 is 1.14 bits per heavy atom. The van der Waals surface area contributed by atoms with Crippen molar-refractivity contribution < 1.29 is 8.42 Å². The van der Waals surface area contributed by atoms with Crippen molar-refractivity contribution in [2.75, 3.05) is 0 Å². The number of sulfone groups is 1. The molecule has 21 heavy (non-hydrogen) atoms. The van der Waals surface area contributed by atoms with Crippen molar-refractivity contribution in [3.8, 4) is 0 Å². The summed E-state index contributed by atoms with van der Waals surface area (Å²) >= 11 is 7.31. The Kier molecular flexibility index (Phi) is 4.76. The minimum absolute atomic E-state index is 0.00649. The van der Waals surface area contributed by atoms with E-state index in [0.717, 1.165) is 10.6 Å². The van der Waals surface area contributed by atoms with Gasteiger partial charge in [-0.05, 0) is 17.7 Å². The standard InChI is InChI=1S/C15H18ClNO2S2/c1-15(2,3)14-17-13(8-20-14)10-21(18,19)9-11-4-6-12(16)7-5-11/h4-8H,9-10H2,1-3H3. The fourth-order valence-electron chi connectivity index (χ4n) is 1.83. The van der Waals surface area contributed by atoms with Gasteiger partial charge in [0.15, 0.2) is 9.84 Å². The molecule has 0 spiro atoms. The molecule has 1 aromatic heterocycles.